The first-order chi connectivity index (χ1) is 11.5. The van der Waals surface area contributed by atoms with Crippen LogP contribution in [0.25, 0.3) is 0 Å². The second kappa shape index (κ2) is 14.9. The van der Waals surface area contributed by atoms with Crippen molar-refractivity contribution in [1.82, 2.24) is 0 Å². The minimum absolute atomic E-state index is 0.0400. The van der Waals surface area contributed by atoms with Crippen molar-refractivity contribution in [2.75, 3.05) is 0 Å². The number of esters is 1. The molecular weight excluding hydrogens is 312 g/mol. The third kappa shape index (κ3) is 14.0. The molecule has 0 bridgehead atoms. The number of aliphatic hydroxyl groups is 2. The van der Waals surface area contributed by atoms with E-state index < -0.39 is 30.8 Å². The zero-order chi connectivity index (χ0) is 18.2. The molecule has 0 spiro atoms. The van der Waals surface area contributed by atoms with E-state index in [0.29, 0.717) is 6.42 Å². The van der Waals surface area contributed by atoms with Crippen molar-refractivity contribution in [3.63, 3.8) is 0 Å². The van der Waals surface area contributed by atoms with Gasteiger partial charge in [0.1, 0.15) is 6.10 Å². The predicted octanol–water partition coefficient (Wildman–Crippen LogP) is 2.94. The van der Waals surface area contributed by atoms with Gasteiger partial charge in [-0.25, -0.2) is 0 Å². The summed E-state index contributed by atoms with van der Waals surface area (Å²) in [6.07, 6.45) is 11.5. The summed E-state index contributed by atoms with van der Waals surface area (Å²) in [6.45, 7) is 2.20. The van der Waals surface area contributed by atoms with Crippen LogP contribution in [-0.4, -0.2) is 39.7 Å². The fourth-order valence-electron chi connectivity index (χ4n) is 1.98. The van der Waals surface area contributed by atoms with E-state index >= 15 is 0 Å². The van der Waals surface area contributed by atoms with Crippen molar-refractivity contribution in [3.8, 4) is 0 Å². The van der Waals surface area contributed by atoms with E-state index in [4.69, 9.17) is 5.11 Å². The molecule has 0 rings (SSSR count). The third-order valence-corrected chi connectivity index (χ3v) is 3.33. The van der Waals surface area contributed by atoms with Gasteiger partial charge in [-0.2, -0.15) is 0 Å². The van der Waals surface area contributed by atoms with Crippen molar-refractivity contribution in [2.45, 2.75) is 77.1 Å². The summed E-state index contributed by atoms with van der Waals surface area (Å²) in [6, 6.07) is 0. The van der Waals surface area contributed by atoms with Crippen LogP contribution < -0.4 is 0 Å². The first-order valence-electron chi connectivity index (χ1n) is 8.54. The van der Waals surface area contributed by atoms with E-state index in [-0.39, 0.29) is 6.42 Å². The molecule has 0 aromatic heterocycles. The van der Waals surface area contributed by atoms with Crippen LogP contribution in [-0.2, 0) is 14.3 Å². The molecule has 0 saturated carbocycles. The molecule has 0 heterocycles. The average Bonchev–Trinajstić information content (AvgIpc) is 2.51. The molecule has 6 heteroatoms. The van der Waals surface area contributed by atoms with Gasteiger partial charge in [-0.05, 0) is 19.3 Å². The van der Waals surface area contributed by atoms with Gasteiger partial charge in [0.15, 0.2) is 0 Å². The van der Waals surface area contributed by atoms with Gasteiger partial charge in [0.2, 0.25) is 6.29 Å². The Morgan fingerprint density at radius 3 is 2.33 bits per heavy atom. The van der Waals surface area contributed by atoms with E-state index in [0.717, 1.165) is 6.42 Å². The van der Waals surface area contributed by atoms with Gasteiger partial charge in [-0.1, -0.05) is 56.9 Å². The first kappa shape index (κ1) is 22.3. The lowest BCUT2D eigenvalue weighted by Gasteiger charge is -2.15. The normalized spacial score (nSPS) is 14.1. The van der Waals surface area contributed by atoms with Crippen LogP contribution in [0, 0.1) is 0 Å². The van der Waals surface area contributed by atoms with Gasteiger partial charge >= 0.3 is 11.9 Å². The van der Waals surface area contributed by atoms with Crippen molar-refractivity contribution >= 4 is 11.9 Å². The summed E-state index contributed by atoms with van der Waals surface area (Å²) in [7, 11) is 0. The van der Waals surface area contributed by atoms with Gasteiger partial charge < -0.3 is 20.1 Å². The number of allylic oxidation sites excluding steroid dienone is 3. The molecule has 138 valence electrons. The van der Waals surface area contributed by atoms with Crippen LogP contribution in [0.3, 0.4) is 0 Å². The molecule has 0 saturated heterocycles. The molecular formula is C18H30O6. The fraction of sp³-hybridized carbons (Fsp3) is 0.667. The van der Waals surface area contributed by atoms with Gasteiger partial charge in [0.25, 0.3) is 0 Å². The number of rotatable bonds is 14. The van der Waals surface area contributed by atoms with Crippen LogP contribution in [0.4, 0.5) is 0 Å². The number of carbonyl (C=O) groups excluding carboxylic acids is 1. The smallest absolute Gasteiger partial charge is 0.312 e. The highest BCUT2D eigenvalue weighted by Crippen LogP contribution is 2.06. The Kier molecular flexibility index (Phi) is 13.9. The standard InChI is InChI=1S/C18H30O6/c1-2-3-4-5-6-7-8-9-10-11-12-13-17(22)24-18(23)15(19)14-16(20)21/h8-9,11-12,15,18-19,23H,2-7,10,13-14H2,1H3,(H,20,21)/b9-8+,12-11+. The molecule has 3 N–H and O–H groups in total. The van der Waals surface area contributed by atoms with Crippen LogP contribution >= 0.6 is 0 Å². The summed E-state index contributed by atoms with van der Waals surface area (Å²) in [4.78, 5) is 21.7. The van der Waals surface area contributed by atoms with Gasteiger partial charge in [-0.3, -0.25) is 9.59 Å². The number of unbranched alkanes of at least 4 members (excludes halogenated alkanes) is 5. The Balaban J connectivity index is 3.71. The highest BCUT2D eigenvalue weighted by molar-refractivity contribution is 5.71. The second-order valence-electron chi connectivity index (χ2n) is 5.63. The molecule has 0 fully saturated rings. The Morgan fingerprint density at radius 2 is 1.67 bits per heavy atom. The molecule has 0 aliphatic heterocycles. The maximum Gasteiger partial charge on any atom is 0.312 e. The Morgan fingerprint density at radius 1 is 1.00 bits per heavy atom. The summed E-state index contributed by atoms with van der Waals surface area (Å²) in [5.41, 5.74) is 0. The predicted molar refractivity (Wildman–Crippen MR) is 91.2 cm³/mol. The third-order valence-electron chi connectivity index (χ3n) is 3.33. The van der Waals surface area contributed by atoms with Crippen LogP contribution in [0.5, 0.6) is 0 Å². The van der Waals surface area contributed by atoms with E-state index in [1.807, 2.05) is 12.2 Å². The number of hydrogen-bond acceptors (Lipinski definition) is 5. The number of ether oxygens (including phenoxy) is 1. The first-order valence-corrected chi connectivity index (χ1v) is 8.54. The molecule has 2 unspecified atom stereocenters. The van der Waals surface area contributed by atoms with Crippen molar-refractivity contribution in [3.05, 3.63) is 24.3 Å². The maximum absolute atomic E-state index is 11.4. The zero-order valence-corrected chi connectivity index (χ0v) is 14.4. The van der Waals surface area contributed by atoms with Crippen molar-refractivity contribution < 1.29 is 29.6 Å². The molecule has 0 aliphatic carbocycles. The minimum Gasteiger partial charge on any atom is -0.481 e. The fourth-order valence-corrected chi connectivity index (χ4v) is 1.98. The summed E-state index contributed by atoms with van der Waals surface area (Å²) in [5.74, 6) is -2.00. The lowest BCUT2D eigenvalue weighted by Crippen LogP contribution is -2.32. The van der Waals surface area contributed by atoms with E-state index in [1.54, 1.807) is 6.08 Å². The molecule has 2 atom stereocenters. The van der Waals surface area contributed by atoms with Crippen LogP contribution in [0.2, 0.25) is 0 Å². The van der Waals surface area contributed by atoms with Gasteiger partial charge in [0, 0.05) is 0 Å². The molecule has 0 radical (unpaired) electrons. The highest BCUT2D eigenvalue weighted by Gasteiger charge is 2.22. The largest absolute Gasteiger partial charge is 0.481 e. The molecule has 6 nitrogen and oxygen atoms in total. The lowest BCUT2D eigenvalue weighted by molar-refractivity contribution is -0.189. The summed E-state index contributed by atoms with van der Waals surface area (Å²) < 4.78 is 4.54. The highest BCUT2D eigenvalue weighted by atomic mass is 16.6. The molecule has 0 aliphatic rings. The van der Waals surface area contributed by atoms with Gasteiger partial charge in [-0.15, -0.1) is 0 Å². The molecule has 24 heavy (non-hydrogen) atoms. The van der Waals surface area contributed by atoms with Crippen molar-refractivity contribution in [2.24, 2.45) is 0 Å². The zero-order valence-electron chi connectivity index (χ0n) is 14.4. The quantitative estimate of drug-likeness (QED) is 0.194. The topological polar surface area (TPSA) is 104 Å². The number of aliphatic hydroxyl groups excluding tert-OH is 2. The molecule has 0 aromatic rings. The monoisotopic (exact) mass is 342 g/mol. The second-order valence-corrected chi connectivity index (χ2v) is 5.63. The average molecular weight is 342 g/mol. The summed E-state index contributed by atoms with van der Waals surface area (Å²) >= 11 is 0. The number of aliphatic carboxylic acids is 1. The Bertz CT molecular complexity index is 402. The molecule has 0 amide bonds. The Hall–Kier alpha value is -1.66. The molecule has 0 aromatic carbocycles. The number of hydrogen-bond donors (Lipinski definition) is 3. The van der Waals surface area contributed by atoms with Crippen LogP contribution in [0.1, 0.15) is 64.7 Å². The van der Waals surface area contributed by atoms with Crippen molar-refractivity contribution in [1.29, 1.82) is 0 Å². The lowest BCUT2D eigenvalue weighted by atomic mass is 10.1. The minimum atomic E-state index is -1.82. The Labute approximate surface area is 143 Å². The van der Waals surface area contributed by atoms with E-state index in [2.05, 4.69) is 17.7 Å². The van der Waals surface area contributed by atoms with Crippen LogP contribution in [0.15, 0.2) is 24.3 Å². The SMILES string of the molecule is CCCCCCC/C=C/C/C=C/CC(=O)OC(O)C(O)CC(=O)O. The maximum atomic E-state index is 11.4. The van der Waals surface area contributed by atoms with Gasteiger partial charge in [0.05, 0.1) is 12.8 Å². The summed E-state index contributed by atoms with van der Waals surface area (Å²) in [5, 5.41) is 27.0. The number of carboxylic acid groups (broad SMARTS) is 1. The van der Waals surface area contributed by atoms with E-state index in [9.17, 15) is 19.8 Å². The number of carboxylic acids is 1. The van der Waals surface area contributed by atoms with E-state index in [1.165, 1.54) is 32.1 Å². The number of carbonyl (C=O) groups is 2.